The van der Waals surface area contributed by atoms with E-state index in [1.54, 1.807) is 12.1 Å². The van der Waals surface area contributed by atoms with Gasteiger partial charge in [0.15, 0.2) is 5.96 Å². The first-order valence-corrected chi connectivity index (χ1v) is 4.68. The van der Waals surface area contributed by atoms with Crippen LogP contribution >= 0.6 is 0 Å². The maximum absolute atomic E-state index is 10.3. The highest BCUT2D eigenvalue weighted by Crippen LogP contribution is 2.19. The monoisotopic (exact) mass is 232 g/mol. The first-order chi connectivity index (χ1) is 8.06. The van der Waals surface area contributed by atoms with Crippen molar-refractivity contribution in [1.29, 1.82) is 5.41 Å². The maximum Gasteiger partial charge on any atom is 0.259 e. The molecule has 88 valence electrons. The molecule has 7 nitrogen and oxygen atoms in total. The molecule has 5 N–H and O–H groups in total. The molecule has 0 saturated carbocycles. The van der Waals surface area contributed by atoms with Crippen LogP contribution in [0.5, 0.6) is 0 Å². The third-order valence-electron chi connectivity index (χ3n) is 1.92. The average Bonchev–Trinajstić information content (AvgIpc) is 2.26. The number of nitrogens with one attached hydrogen (secondary N) is 1. The second kappa shape index (κ2) is 5.43. The summed E-state index contributed by atoms with van der Waals surface area (Å²) in [6, 6.07) is 7.07. The zero-order valence-electron chi connectivity index (χ0n) is 9.21. The van der Waals surface area contributed by atoms with Crippen molar-refractivity contribution in [2.75, 3.05) is 5.01 Å². The molecule has 0 amide bonds. The number of aliphatic imine (C=N–C) groups is 1. The number of anilines is 1. The summed E-state index contributed by atoms with van der Waals surface area (Å²) in [5, 5.41) is 12.0. The van der Waals surface area contributed by atoms with Crippen molar-refractivity contribution in [3.63, 3.8) is 0 Å². The van der Waals surface area contributed by atoms with E-state index in [2.05, 4.69) is 10.1 Å². The summed E-state index contributed by atoms with van der Waals surface area (Å²) in [6.07, 6.45) is 1.36. The minimum atomic E-state index is -0.359. The van der Waals surface area contributed by atoms with Gasteiger partial charge in [0.05, 0.1) is 5.69 Å². The molecule has 7 heteroatoms. The molecule has 17 heavy (non-hydrogen) atoms. The number of hydrazone groups is 1. The molecule has 0 aromatic heterocycles. The molecule has 0 fully saturated rings. The summed E-state index contributed by atoms with van der Waals surface area (Å²) in [5.41, 5.74) is 11.7. The zero-order valence-corrected chi connectivity index (χ0v) is 9.21. The Hall–Kier alpha value is -2.66. The predicted molar refractivity (Wildman–Crippen MR) is 65.3 cm³/mol. The third-order valence-corrected chi connectivity index (χ3v) is 1.92. The lowest BCUT2D eigenvalue weighted by Crippen LogP contribution is -2.30. The maximum atomic E-state index is 10.3. The first kappa shape index (κ1) is 12.4. The van der Waals surface area contributed by atoms with Crippen LogP contribution in [-0.2, 0) is 4.79 Å². The van der Waals surface area contributed by atoms with Crippen LogP contribution < -0.4 is 16.5 Å². The molecule has 0 radical (unpaired) electrons. The fraction of sp³-hybridized carbons (Fsp3) is 0.100. The van der Waals surface area contributed by atoms with Crippen molar-refractivity contribution < 1.29 is 4.79 Å². The fourth-order valence-corrected chi connectivity index (χ4v) is 1.23. The average molecular weight is 232 g/mol. The molecule has 0 aliphatic carbocycles. The van der Waals surface area contributed by atoms with Crippen LogP contribution in [0.4, 0.5) is 5.69 Å². The van der Waals surface area contributed by atoms with Crippen LogP contribution in [0.25, 0.3) is 0 Å². The number of hydrogen-bond acceptors (Lipinski definition) is 3. The van der Waals surface area contributed by atoms with Gasteiger partial charge < -0.3 is 11.5 Å². The van der Waals surface area contributed by atoms with Crippen LogP contribution in [0, 0.1) is 12.3 Å². The Kier molecular flexibility index (Phi) is 3.96. The van der Waals surface area contributed by atoms with Gasteiger partial charge in [-0.1, -0.05) is 23.3 Å². The molecular formula is C10H12N6O. The van der Waals surface area contributed by atoms with Crippen LogP contribution in [0.15, 0.2) is 34.4 Å². The number of nitrogens with zero attached hydrogens (tertiary/aromatic N) is 3. The van der Waals surface area contributed by atoms with Gasteiger partial charge in [-0.25, -0.2) is 4.79 Å². The first-order valence-electron chi connectivity index (χ1n) is 4.68. The van der Waals surface area contributed by atoms with E-state index >= 15 is 0 Å². The van der Waals surface area contributed by atoms with Gasteiger partial charge in [-0.3, -0.25) is 5.41 Å². The number of nitrogens with two attached hydrogens (primary N) is 2. The number of para-hydroxylation sites is 1. The standard InChI is InChI=1S/C10H12N6O/c1-7-4-2-3-5-8(7)16(14-6-17)10(13)15-9(11)12/h2-5H,1H3,(H5,11,12,13,15). The summed E-state index contributed by atoms with van der Waals surface area (Å²) in [4.78, 5) is 13.9. The number of aryl methyl sites for hydroxylation is 1. The van der Waals surface area contributed by atoms with Crippen LogP contribution in [0.1, 0.15) is 5.56 Å². The van der Waals surface area contributed by atoms with Crippen LogP contribution in [0.2, 0.25) is 0 Å². The highest BCUT2D eigenvalue weighted by atomic mass is 16.1. The van der Waals surface area contributed by atoms with E-state index in [0.717, 1.165) is 10.6 Å². The van der Waals surface area contributed by atoms with Gasteiger partial charge in [0.2, 0.25) is 5.96 Å². The Morgan fingerprint density at radius 2 is 2.06 bits per heavy atom. The molecule has 1 aromatic carbocycles. The molecular weight excluding hydrogens is 220 g/mol. The van der Waals surface area contributed by atoms with Crippen molar-refractivity contribution in [2.24, 2.45) is 21.6 Å². The number of hydrogen-bond donors (Lipinski definition) is 3. The molecule has 0 aliphatic rings. The number of isocyanates is 1. The van der Waals surface area contributed by atoms with E-state index in [4.69, 9.17) is 16.9 Å². The van der Waals surface area contributed by atoms with E-state index in [1.807, 2.05) is 19.1 Å². The van der Waals surface area contributed by atoms with Gasteiger partial charge >= 0.3 is 0 Å². The van der Waals surface area contributed by atoms with E-state index in [0.29, 0.717) is 5.69 Å². The Balaban J connectivity index is 3.19. The Bertz CT molecular complexity index is 499. The van der Waals surface area contributed by atoms with Gasteiger partial charge in [0, 0.05) is 0 Å². The van der Waals surface area contributed by atoms with Gasteiger partial charge in [-0.2, -0.15) is 10.0 Å². The van der Waals surface area contributed by atoms with Gasteiger partial charge in [0.25, 0.3) is 6.08 Å². The number of rotatable bonds is 2. The fourth-order valence-electron chi connectivity index (χ4n) is 1.23. The summed E-state index contributed by atoms with van der Waals surface area (Å²) >= 11 is 0. The Labute approximate surface area is 97.9 Å². The minimum absolute atomic E-state index is 0.283. The second-order valence-corrected chi connectivity index (χ2v) is 3.15. The normalized spacial score (nSPS) is 9.00. The number of carbonyl (C=O) groups excluding carboxylic acids is 1. The zero-order chi connectivity index (χ0) is 12.8. The van der Waals surface area contributed by atoms with E-state index in [1.165, 1.54) is 6.08 Å². The Morgan fingerprint density at radius 3 is 2.59 bits per heavy atom. The largest absolute Gasteiger partial charge is 0.370 e. The Morgan fingerprint density at radius 1 is 1.41 bits per heavy atom. The van der Waals surface area contributed by atoms with E-state index in [9.17, 15) is 4.79 Å². The predicted octanol–water partition coefficient (Wildman–Crippen LogP) is 0.260. The molecule has 0 atom stereocenters. The van der Waals surface area contributed by atoms with Crippen molar-refractivity contribution in [3.8, 4) is 0 Å². The summed E-state index contributed by atoms with van der Waals surface area (Å²) < 4.78 is 0. The van der Waals surface area contributed by atoms with Crippen molar-refractivity contribution in [2.45, 2.75) is 6.92 Å². The van der Waals surface area contributed by atoms with E-state index in [-0.39, 0.29) is 11.9 Å². The lowest BCUT2D eigenvalue weighted by atomic mass is 10.2. The minimum Gasteiger partial charge on any atom is -0.370 e. The SMILES string of the molecule is Cc1ccccc1N(N=C=O)C(=N)N=C(N)N. The molecule has 1 aromatic rings. The molecule has 0 spiro atoms. The number of guanidine groups is 2. The van der Waals surface area contributed by atoms with Crippen LogP contribution in [-0.4, -0.2) is 18.0 Å². The molecule has 0 heterocycles. The second-order valence-electron chi connectivity index (χ2n) is 3.15. The van der Waals surface area contributed by atoms with Gasteiger partial charge in [0.1, 0.15) is 0 Å². The number of benzene rings is 1. The molecule has 0 aliphatic heterocycles. The third kappa shape index (κ3) is 3.15. The van der Waals surface area contributed by atoms with E-state index < -0.39 is 0 Å². The highest BCUT2D eigenvalue weighted by molar-refractivity contribution is 6.01. The van der Waals surface area contributed by atoms with Gasteiger partial charge in [-0.05, 0) is 18.6 Å². The lowest BCUT2D eigenvalue weighted by Gasteiger charge is -2.16. The smallest absolute Gasteiger partial charge is 0.259 e. The summed E-state index contributed by atoms with van der Waals surface area (Å²) in [6.45, 7) is 1.81. The molecule has 0 unspecified atom stereocenters. The molecule has 1 rings (SSSR count). The summed E-state index contributed by atoms with van der Waals surface area (Å²) in [5.74, 6) is -0.641. The highest BCUT2D eigenvalue weighted by Gasteiger charge is 2.13. The van der Waals surface area contributed by atoms with Crippen molar-refractivity contribution >= 4 is 23.7 Å². The van der Waals surface area contributed by atoms with Crippen molar-refractivity contribution in [3.05, 3.63) is 29.8 Å². The van der Waals surface area contributed by atoms with Crippen LogP contribution in [0.3, 0.4) is 0 Å². The van der Waals surface area contributed by atoms with Gasteiger partial charge in [-0.15, -0.1) is 0 Å². The quantitative estimate of drug-likeness (QED) is 0.293. The lowest BCUT2D eigenvalue weighted by molar-refractivity contribution is 0.563. The topological polar surface area (TPSA) is 121 Å². The van der Waals surface area contributed by atoms with Crippen molar-refractivity contribution in [1.82, 2.24) is 0 Å². The molecule has 0 bridgehead atoms. The molecule has 0 saturated heterocycles. The summed E-state index contributed by atoms with van der Waals surface area (Å²) in [7, 11) is 0.